The van der Waals surface area contributed by atoms with Gasteiger partial charge in [0.1, 0.15) is 11.8 Å². The summed E-state index contributed by atoms with van der Waals surface area (Å²) in [4.78, 5) is 39.4. The van der Waals surface area contributed by atoms with Crippen LogP contribution in [0.5, 0.6) is 0 Å². The van der Waals surface area contributed by atoms with Crippen molar-refractivity contribution in [2.24, 2.45) is 4.99 Å². The highest BCUT2D eigenvalue weighted by molar-refractivity contribution is 6.17. The number of hydrogen-bond donors (Lipinski definition) is 3. The van der Waals surface area contributed by atoms with Gasteiger partial charge in [0, 0.05) is 12.1 Å². The van der Waals surface area contributed by atoms with E-state index in [1.807, 2.05) is 30.3 Å². The third kappa shape index (κ3) is 4.58. The number of carboxylic acids is 1. The molecule has 138 valence electrons. The van der Waals surface area contributed by atoms with Crippen LogP contribution in [0.1, 0.15) is 25.3 Å². The van der Waals surface area contributed by atoms with Crippen molar-refractivity contribution < 1.29 is 19.5 Å². The molecule has 3 rings (SSSR count). The van der Waals surface area contributed by atoms with Crippen LogP contribution in [0.2, 0.25) is 0 Å². The van der Waals surface area contributed by atoms with Gasteiger partial charge in [0.05, 0.1) is 23.5 Å². The third-order valence-electron chi connectivity index (χ3n) is 4.09. The molecule has 2 aromatic rings. The smallest absolute Gasteiger partial charge is 0.326 e. The molecule has 1 unspecified atom stereocenters. The van der Waals surface area contributed by atoms with Gasteiger partial charge in [-0.2, -0.15) is 0 Å². The first-order valence-corrected chi connectivity index (χ1v) is 8.48. The fourth-order valence-corrected chi connectivity index (χ4v) is 2.84. The van der Waals surface area contributed by atoms with Crippen LogP contribution >= 0.6 is 0 Å². The van der Waals surface area contributed by atoms with Crippen molar-refractivity contribution in [3.8, 4) is 0 Å². The van der Waals surface area contributed by atoms with Gasteiger partial charge >= 0.3 is 5.97 Å². The lowest BCUT2D eigenvalue weighted by molar-refractivity contribution is -0.139. The van der Waals surface area contributed by atoms with E-state index in [1.54, 1.807) is 18.2 Å². The number of benzene rings is 2. The monoisotopic (exact) mass is 365 g/mol. The van der Waals surface area contributed by atoms with Gasteiger partial charge in [0.25, 0.3) is 0 Å². The normalized spacial score (nSPS) is 14.3. The van der Waals surface area contributed by atoms with Crippen LogP contribution in [-0.4, -0.2) is 34.5 Å². The van der Waals surface area contributed by atoms with Crippen molar-refractivity contribution in [1.82, 2.24) is 0 Å². The van der Waals surface area contributed by atoms with E-state index in [2.05, 4.69) is 15.6 Å². The maximum absolute atomic E-state index is 12.2. The van der Waals surface area contributed by atoms with Crippen LogP contribution in [-0.2, 0) is 14.4 Å². The van der Waals surface area contributed by atoms with Gasteiger partial charge in [-0.3, -0.25) is 14.6 Å². The molecule has 3 N–H and O–H groups in total. The first-order valence-electron chi connectivity index (χ1n) is 8.48. The quantitative estimate of drug-likeness (QED) is 0.729. The van der Waals surface area contributed by atoms with Crippen LogP contribution in [0.4, 0.5) is 17.1 Å². The summed E-state index contributed by atoms with van der Waals surface area (Å²) in [6, 6.07) is 13.4. The average Bonchev–Trinajstić information content (AvgIpc) is 2.79. The summed E-state index contributed by atoms with van der Waals surface area (Å²) >= 11 is 0. The Bertz CT molecular complexity index is 922. The fraction of sp³-hybridized carbons (Fsp3) is 0.200. The summed E-state index contributed by atoms with van der Waals surface area (Å²) in [6.45, 7) is 1.35. The van der Waals surface area contributed by atoms with Crippen LogP contribution in [0, 0.1) is 0 Å². The van der Waals surface area contributed by atoms with Gasteiger partial charge < -0.3 is 15.7 Å². The molecular weight excluding hydrogens is 346 g/mol. The number of amides is 1. The second-order valence-electron chi connectivity index (χ2n) is 6.32. The molecule has 2 aromatic carbocycles. The molecule has 0 bridgehead atoms. The zero-order valence-electron chi connectivity index (χ0n) is 14.7. The number of ketones is 1. The number of nitrogens with zero attached hydrogens (tertiary/aromatic N) is 1. The molecule has 0 saturated carbocycles. The molecule has 0 saturated heterocycles. The Balaban J connectivity index is 1.95. The molecule has 1 aliphatic rings. The number of nitrogens with one attached hydrogen (secondary N) is 2. The predicted octanol–water partition coefficient (Wildman–Crippen LogP) is 2.99. The highest BCUT2D eigenvalue weighted by Gasteiger charge is 2.21. The van der Waals surface area contributed by atoms with E-state index in [1.165, 1.54) is 6.92 Å². The molecule has 27 heavy (non-hydrogen) atoms. The molecule has 0 radical (unpaired) electrons. The Hall–Kier alpha value is -3.48. The lowest BCUT2D eigenvalue weighted by Gasteiger charge is -2.15. The summed E-state index contributed by atoms with van der Waals surface area (Å²) in [5.41, 5.74) is 3.06. The van der Waals surface area contributed by atoms with Crippen molar-refractivity contribution in [3.63, 3.8) is 0 Å². The maximum atomic E-state index is 12.2. The molecule has 1 heterocycles. The molecule has 1 amide bonds. The van der Waals surface area contributed by atoms with Crippen molar-refractivity contribution in [3.05, 3.63) is 54.1 Å². The summed E-state index contributed by atoms with van der Waals surface area (Å²) < 4.78 is 0. The Morgan fingerprint density at radius 2 is 1.96 bits per heavy atom. The van der Waals surface area contributed by atoms with Crippen molar-refractivity contribution in [2.45, 2.75) is 25.8 Å². The lowest BCUT2D eigenvalue weighted by atomic mass is 10.1. The van der Waals surface area contributed by atoms with E-state index >= 15 is 0 Å². The molecule has 7 nitrogen and oxygen atoms in total. The minimum atomic E-state index is -1.11. The Labute approximate surface area is 156 Å². The molecule has 0 fully saturated rings. The van der Waals surface area contributed by atoms with E-state index in [4.69, 9.17) is 0 Å². The number of hydrogen-bond acceptors (Lipinski definition) is 5. The molecule has 0 aromatic heterocycles. The van der Waals surface area contributed by atoms with E-state index in [9.17, 15) is 19.5 Å². The maximum Gasteiger partial charge on any atom is 0.326 e. The van der Waals surface area contributed by atoms with Crippen LogP contribution < -0.4 is 10.6 Å². The van der Waals surface area contributed by atoms with Gasteiger partial charge in [0.2, 0.25) is 5.91 Å². The average molecular weight is 365 g/mol. The standard InChI is InChI=1S/C20H19N3O4/c1-12(24)9-18(20(26)27)21-14-7-8-15-17(10-14)22-16(11-19(25)23-15)13-5-3-2-4-6-13/h2-8,10,18,21H,9,11H2,1H3,(H,23,25)(H,26,27). The van der Waals surface area contributed by atoms with Crippen LogP contribution in [0.3, 0.4) is 0 Å². The third-order valence-corrected chi connectivity index (χ3v) is 4.09. The van der Waals surface area contributed by atoms with E-state index < -0.39 is 12.0 Å². The Morgan fingerprint density at radius 3 is 2.63 bits per heavy atom. The number of rotatable bonds is 6. The number of fused-ring (bicyclic) bond motifs is 1. The highest BCUT2D eigenvalue weighted by atomic mass is 16.4. The summed E-state index contributed by atoms with van der Waals surface area (Å²) in [6.07, 6.45) is 0.0191. The summed E-state index contributed by atoms with van der Waals surface area (Å²) in [5, 5.41) is 14.9. The lowest BCUT2D eigenvalue weighted by Crippen LogP contribution is -2.31. The van der Waals surface area contributed by atoms with Crippen molar-refractivity contribution >= 4 is 40.4 Å². The minimum absolute atomic E-state index is 0.123. The van der Waals surface area contributed by atoms with E-state index in [0.29, 0.717) is 22.8 Å². The number of carbonyl (C=O) groups is 3. The van der Waals surface area contributed by atoms with Gasteiger partial charge in [-0.05, 0) is 30.7 Å². The Morgan fingerprint density at radius 1 is 1.22 bits per heavy atom. The number of anilines is 2. The highest BCUT2D eigenvalue weighted by Crippen LogP contribution is 2.32. The van der Waals surface area contributed by atoms with Gasteiger partial charge in [-0.15, -0.1) is 0 Å². The SMILES string of the molecule is CC(=O)CC(Nc1ccc2c(c1)N=C(c1ccccc1)CC(=O)N2)C(=O)O. The van der Waals surface area contributed by atoms with E-state index in [0.717, 1.165) is 5.56 Å². The second-order valence-corrected chi connectivity index (χ2v) is 6.32. The minimum Gasteiger partial charge on any atom is -0.480 e. The first-order chi connectivity index (χ1) is 12.9. The van der Waals surface area contributed by atoms with Crippen LogP contribution in [0.15, 0.2) is 53.5 Å². The van der Waals surface area contributed by atoms with Crippen LogP contribution in [0.25, 0.3) is 0 Å². The zero-order valence-corrected chi connectivity index (χ0v) is 14.7. The largest absolute Gasteiger partial charge is 0.480 e. The number of Topliss-reactive ketones (excluding diaryl/α,β-unsaturated/α-hetero) is 1. The number of carbonyl (C=O) groups excluding carboxylic acids is 2. The first kappa shape index (κ1) is 18.3. The summed E-state index contributed by atoms with van der Waals surface area (Å²) in [5.74, 6) is -1.50. The number of aliphatic carboxylic acids is 1. The second kappa shape index (κ2) is 7.82. The zero-order chi connectivity index (χ0) is 19.4. The molecule has 0 spiro atoms. The predicted molar refractivity (Wildman–Crippen MR) is 103 cm³/mol. The number of aliphatic imine (C=N–C) groups is 1. The molecule has 0 aliphatic carbocycles. The Kier molecular flexibility index (Phi) is 5.30. The van der Waals surface area contributed by atoms with Gasteiger partial charge in [0.15, 0.2) is 0 Å². The molecule has 1 atom stereocenters. The fourth-order valence-electron chi connectivity index (χ4n) is 2.84. The molecule has 7 heteroatoms. The number of carboxylic acid groups (broad SMARTS) is 1. The van der Waals surface area contributed by atoms with Gasteiger partial charge in [-0.25, -0.2) is 4.79 Å². The topological polar surface area (TPSA) is 108 Å². The van der Waals surface area contributed by atoms with Crippen molar-refractivity contribution in [1.29, 1.82) is 0 Å². The van der Waals surface area contributed by atoms with Gasteiger partial charge in [-0.1, -0.05) is 30.3 Å². The molecule has 1 aliphatic heterocycles. The molecular formula is C20H19N3O4. The van der Waals surface area contributed by atoms with E-state index in [-0.39, 0.29) is 24.5 Å². The van der Waals surface area contributed by atoms with Crippen molar-refractivity contribution in [2.75, 3.05) is 10.6 Å². The summed E-state index contributed by atoms with van der Waals surface area (Å²) in [7, 11) is 0.